The monoisotopic (exact) mass is 452 g/mol. The van der Waals surface area contributed by atoms with Crippen LogP contribution in [0.5, 0.6) is 5.75 Å². The first-order valence-electron chi connectivity index (χ1n) is 10.2. The molecule has 0 aliphatic carbocycles. The van der Waals surface area contributed by atoms with Gasteiger partial charge in [-0.05, 0) is 28.8 Å². The Hall–Kier alpha value is -3.23. The normalized spacial score (nSPS) is 15.1. The van der Waals surface area contributed by atoms with Crippen molar-refractivity contribution in [1.82, 2.24) is 4.90 Å². The second-order valence-corrected chi connectivity index (χ2v) is 10.1. The number of benzene rings is 2. The van der Waals surface area contributed by atoms with Gasteiger partial charge in [-0.25, -0.2) is 4.21 Å². The molecule has 0 radical (unpaired) electrons. The Morgan fingerprint density at radius 2 is 1.78 bits per heavy atom. The molecule has 8 heteroatoms. The molecule has 1 amide bonds. The highest BCUT2D eigenvalue weighted by Gasteiger charge is 2.19. The summed E-state index contributed by atoms with van der Waals surface area (Å²) in [6.45, 7) is 3.63. The number of carbonyl (C=O) groups is 1. The lowest BCUT2D eigenvalue weighted by Gasteiger charge is -2.14. The molecule has 2 heterocycles. The van der Waals surface area contributed by atoms with E-state index in [1.807, 2.05) is 12.1 Å². The SMILES string of the molecule is CC(=O)N=S(C)(=O)c1ccc(COc2coc(CN3Cc4ccccc4C3)cc2=O)cc1. The number of nitrogens with zero attached hydrogens (tertiary/aromatic N) is 2. The zero-order valence-electron chi connectivity index (χ0n) is 17.9. The minimum absolute atomic E-state index is 0.133. The first-order valence-corrected chi connectivity index (χ1v) is 12.1. The molecule has 1 unspecified atom stereocenters. The molecule has 1 aliphatic rings. The van der Waals surface area contributed by atoms with E-state index in [9.17, 15) is 13.8 Å². The van der Waals surface area contributed by atoms with Crippen molar-refractivity contribution in [2.75, 3.05) is 6.26 Å². The van der Waals surface area contributed by atoms with Crippen LogP contribution in [0.4, 0.5) is 0 Å². The van der Waals surface area contributed by atoms with Gasteiger partial charge >= 0.3 is 0 Å². The molecule has 2 aromatic carbocycles. The van der Waals surface area contributed by atoms with Crippen molar-refractivity contribution in [2.24, 2.45) is 4.36 Å². The smallest absolute Gasteiger partial charge is 0.250 e. The fraction of sp³-hybridized carbons (Fsp3) is 0.250. The van der Waals surface area contributed by atoms with Gasteiger partial charge in [0.05, 0.1) is 16.3 Å². The minimum atomic E-state index is -2.77. The number of fused-ring (bicyclic) bond motifs is 1. The average molecular weight is 453 g/mol. The molecule has 4 rings (SSSR count). The Labute approximate surface area is 186 Å². The van der Waals surface area contributed by atoms with Crippen LogP contribution in [0, 0.1) is 0 Å². The second kappa shape index (κ2) is 9.10. The number of amides is 1. The predicted molar refractivity (Wildman–Crippen MR) is 121 cm³/mol. The highest BCUT2D eigenvalue weighted by Crippen LogP contribution is 2.24. The maximum Gasteiger partial charge on any atom is 0.250 e. The lowest BCUT2D eigenvalue weighted by molar-refractivity contribution is -0.115. The molecule has 0 spiro atoms. The van der Waals surface area contributed by atoms with Crippen molar-refractivity contribution in [3.63, 3.8) is 0 Å². The molecule has 1 atom stereocenters. The van der Waals surface area contributed by atoms with E-state index in [1.54, 1.807) is 24.3 Å². The standard InChI is InChI=1S/C24H24N2O5S/c1-17(27)25-32(2,29)22-9-7-18(8-10-22)15-31-24-16-30-21(11-23(24)28)14-26-12-19-5-3-4-6-20(19)13-26/h3-11,16H,12-15H2,1-2H3. The van der Waals surface area contributed by atoms with Crippen molar-refractivity contribution >= 4 is 15.6 Å². The summed E-state index contributed by atoms with van der Waals surface area (Å²) in [5.74, 6) is 0.245. The molecular formula is C24H24N2O5S. The van der Waals surface area contributed by atoms with Crippen molar-refractivity contribution in [2.45, 2.75) is 38.1 Å². The van der Waals surface area contributed by atoms with E-state index in [0.717, 1.165) is 18.7 Å². The highest BCUT2D eigenvalue weighted by atomic mass is 32.2. The third kappa shape index (κ3) is 5.15. The Morgan fingerprint density at radius 3 is 2.38 bits per heavy atom. The predicted octanol–water partition coefficient (Wildman–Crippen LogP) is 3.74. The quantitative estimate of drug-likeness (QED) is 0.566. The van der Waals surface area contributed by atoms with Gasteiger partial charge in [0.15, 0.2) is 0 Å². The molecule has 0 bridgehead atoms. The van der Waals surface area contributed by atoms with Gasteiger partial charge in [0.25, 0.3) is 5.91 Å². The minimum Gasteiger partial charge on any atom is -0.482 e. The van der Waals surface area contributed by atoms with Gasteiger partial charge in [0.2, 0.25) is 11.2 Å². The summed E-state index contributed by atoms with van der Waals surface area (Å²) in [6.07, 6.45) is 2.77. The summed E-state index contributed by atoms with van der Waals surface area (Å²) < 4.78 is 27.4. The number of hydrogen-bond acceptors (Lipinski definition) is 6. The van der Waals surface area contributed by atoms with E-state index < -0.39 is 15.6 Å². The van der Waals surface area contributed by atoms with Gasteiger partial charge in [-0.2, -0.15) is 4.36 Å². The molecule has 3 aromatic rings. The second-order valence-electron chi connectivity index (χ2n) is 7.83. The third-order valence-corrected chi connectivity index (χ3v) is 6.95. The zero-order chi connectivity index (χ0) is 22.7. The summed E-state index contributed by atoms with van der Waals surface area (Å²) in [7, 11) is -2.77. The maximum atomic E-state index is 12.5. The maximum absolute atomic E-state index is 12.5. The van der Waals surface area contributed by atoms with E-state index in [0.29, 0.717) is 17.2 Å². The van der Waals surface area contributed by atoms with Gasteiger partial charge in [-0.3, -0.25) is 14.5 Å². The molecular weight excluding hydrogens is 428 g/mol. The van der Waals surface area contributed by atoms with Gasteiger partial charge in [0, 0.05) is 37.2 Å². The van der Waals surface area contributed by atoms with Crippen LogP contribution in [0.1, 0.15) is 29.4 Å². The van der Waals surface area contributed by atoms with Crippen LogP contribution in [0.2, 0.25) is 0 Å². The third-order valence-electron chi connectivity index (χ3n) is 5.20. The molecule has 166 valence electrons. The number of rotatable bonds is 6. The Bertz CT molecular complexity index is 1300. The van der Waals surface area contributed by atoms with Crippen LogP contribution in [0.15, 0.2) is 79.3 Å². The van der Waals surface area contributed by atoms with Crippen LogP contribution < -0.4 is 10.2 Å². The van der Waals surface area contributed by atoms with Crippen LogP contribution in [-0.4, -0.2) is 21.3 Å². The summed E-state index contributed by atoms with van der Waals surface area (Å²) in [4.78, 5) is 26.3. The van der Waals surface area contributed by atoms with Crippen LogP contribution >= 0.6 is 0 Å². The number of carbonyl (C=O) groups excluding carboxylic acids is 1. The van der Waals surface area contributed by atoms with Gasteiger partial charge in [-0.1, -0.05) is 36.4 Å². The summed E-state index contributed by atoms with van der Waals surface area (Å²) in [5, 5.41) is 0. The fourth-order valence-electron chi connectivity index (χ4n) is 3.66. The Morgan fingerprint density at radius 1 is 1.12 bits per heavy atom. The first kappa shape index (κ1) is 22.0. The topological polar surface area (TPSA) is 89.2 Å². The van der Waals surface area contributed by atoms with Gasteiger partial charge < -0.3 is 9.15 Å². The summed E-state index contributed by atoms with van der Waals surface area (Å²) >= 11 is 0. The van der Waals surface area contributed by atoms with Crippen molar-refractivity contribution in [3.05, 3.63) is 93.5 Å². The van der Waals surface area contributed by atoms with E-state index in [-0.39, 0.29) is 17.8 Å². The Kier molecular flexibility index (Phi) is 6.25. The molecule has 1 aromatic heterocycles. The van der Waals surface area contributed by atoms with Crippen LogP contribution in [0.3, 0.4) is 0 Å². The molecule has 0 saturated heterocycles. The molecule has 0 N–H and O–H groups in total. The van der Waals surface area contributed by atoms with Crippen molar-refractivity contribution in [1.29, 1.82) is 0 Å². The van der Waals surface area contributed by atoms with E-state index >= 15 is 0 Å². The summed E-state index contributed by atoms with van der Waals surface area (Å²) in [5.41, 5.74) is 3.14. The summed E-state index contributed by atoms with van der Waals surface area (Å²) in [6, 6.07) is 16.5. The fourth-order valence-corrected chi connectivity index (χ4v) is 4.90. The first-order chi connectivity index (χ1) is 15.3. The number of hydrogen-bond donors (Lipinski definition) is 0. The molecule has 0 fully saturated rings. The highest BCUT2D eigenvalue weighted by molar-refractivity contribution is 7.93. The Balaban J connectivity index is 1.37. The van der Waals surface area contributed by atoms with Crippen molar-refractivity contribution < 1.29 is 18.2 Å². The van der Waals surface area contributed by atoms with E-state index in [2.05, 4.69) is 21.4 Å². The lowest BCUT2D eigenvalue weighted by atomic mass is 10.1. The lowest BCUT2D eigenvalue weighted by Crippen LogP contribution is -2.17. The van der Waals surface area contributed by atoms with E-state index in [1.165, 1.54) is 36.6 Å². The van der Waals surface area contributed by atoms with E-state index in [4.69, 9.17) is 9.15 Å². The molecule has 0 saturated carbocycles. The molecule has 7 nitrogen and oxygen atoms in total. The van der Waals surface area contributed by atoms with Crippen LogP contribution in [0.25, 0.3) is 0 Å². The number of ether oxygens (including phenoxy) is 1. The average Bonchev–Trinajstić information content (AvgIpc) is 3.15. The van der Waals surface area contributed by atoms with Crippen molar-refractivity contribution in [3.8, 4) is 5.75 Å². The molecule has 32 heavy (non-hydrogen) atoms. The largest absolute Gasteiger partial charge is 0.482 e. The molecule has 1 aliphatic heterocycles. The van der Waals surface area contributed by atoms with Gasteiger partial charge in [0.1, 0.15) is 18.6 Å². The van der Waals surface area contributed by atoms with Crippen LogP contribution in [-0.2, 0) is 40.8 Å². The van der Waals surface area contributed by atoms with Gasteiger partial charge in [-0.15, -0.1) is 0 Å². The zero-order valence-corrected chi connectivity index (χ0v) is 18.8.